The number of aromatic nitrogens is 2. The van der Waals surface area contributed by atoms with Crippen molar-refractivity contribution < 1.29 is 9.21 Å². The number of fused-ring (bicyclic) bond motifs is 1. The van der Waals surface area contributed by atoms with Crippen LogP contribution in [0.3, 0.4) is 0 Å². The van der Waals surface area contributed by atoms with Gasteiger partial charge in [-0.1, -0.05) is 114 Å². The van der Waals surface area contributed by atoms with Crippen molar-refractivity contribution in [3.8, 4) is 0 Å². The average molecular weight is 570 g/mol. The number of unbranched alkanes of at least 4 members (excludes halogenated alkanes) is 10. The third-order valence-electron chi connectivity index (χ3n) is 8.14. The van der Waals surface area contributed by atoms with Crippen molar-refractivity contribution in [1.29, 1.82) is 0 Å². The zero-order valence-corrected chi connectivity index (χ0v) is 25.5. The molecule has 0 fully saturated rings. The van der Waals surface area contributed by atoms with E-state index >= 15 is 0 Å². The standard InChI is InChI=1S/C36H47N3O3/c1-3-4-5-6-7-8-9-10-11-12-16-25-34(40)38(28-31-22-19-26-42-31)29(2)35-37-33-24-18-17-23-32(33)36(41)39(35)27-30-20-14-13-15-21-30/h13-15,17-24,26,29H,3-12,16,25,27-28H2,1-2H3. The van der Waals surface area contributed by atoms with Gasteiger partial charge >= 0.3 is 0 Å². The minimum Gasteiger partial charge on any atom is -0.467 e. The summed E-state index contributed by atoms with van der Waals surface area (Å²) < 4.78 is 7.38. The normalized spacial score (nSPS) is 12.0. The molecule has 224 valence electrons. The Morgan fingerprint density at radius 2 is 1.48 bits per heavy atom. The summed E-state index contributed by atoms with van der Waals surface area (Å²) in [5.74, 6) is 1.36. The van der Waals surface area contributed by atoms with Gasteiger partial charge in [-0.05, 0) is 43.2 Å². The van der Waals surface area contributed by atoms with Crippen LogP contribution in [0.5, 0.6) is 0 Å². The lowest BCUT2D eigenvalue weighted by Gasteiger charge is -2.30. The van der Waals surface area contributed by atoms with Crippen LogP contribution < -0.4 is 5.56 Å². The lowest BCUT2D eigenvalue weighted by Crippen LogP contribution is -2.37. The number of rotatable bonds is 18. The molecule has 0 bridgehead atoms. The van der Waals surface area contributed by atoms with Crippen molar-refractivity contribution >= 4 is 16.8 Å². The first-order valence-electron chi connectivity index (χ1n) is 15.9. The molecule has 0 aliphatic carbocycles. The maximum atomic E-state index is 13.8. The van der Waals surface area contributed by atoms with Crippen LogP contribution in [-0.4, -0.2) is 20.4 Å². The van der Waals surface area contributed by atoms with Gasteiger partial charge < -0.3 is 9.32 Å². The molecule has 0 radical (unpaired) electrons. The van der Waals surface area contributed by atoms with Gasteiger partial charge in [-0.25, -0.2) is 4.98 Å². The predicted molar refractivity (Wildman–Crippen MR) is 170 cm³/mol. The maximum Gasteiger partial charge on any atom is 0.261 e. The smallest absolute Gasteiger partial charge is 0.261 e. The Balaban J connectivity index is 1.46. The van der Waals surface area contributed by atoms with Crippen molar-refractivity contribution in [2.24, 2.45) is 0 Å². The van der Waals surface area contributed by atoms with Crippen LogP contribution in [-0.2, 0) is 17.9 Å². The lowest BCUT2D eigenvalue weighted by molar-refractivity contribution is -0.134. The van der Waals surface area contributed by atoms with Crippen LogP contribution in [0.2, 0.25) is 0 Å². The van der Waals surface area contributed by atoms with Gasteiger partial charge in [0.15, 0.2) is 0 Å². The van der Waals surface area contributed by atoms with Crippen LogP contribution in [0.15, 0.2) is 82.2 Å². The first-order valence-corrected chi connectivity index (χ1v) is 15.9. The number of carbonyl (C=O) groups excluding carboxylic acids is 1. The zero-order chi connectivity index (χ0) is 29.6. The van der Waals surface area contributed by atoms with Crippen molar-refractivity contribution in [2.75, 3.05) is 0 Å². The number of nitrogens with zero attached hydrogens (tertiary/aromatic N) is 3. The molecule has 42 heavy (non-hydrogen) atoms. The monoisotopic (exact) mass is 569 g/mol. The molecule has 0 aliphatic rings. The number of benzene rings is 2. The Morgan fingerprint density at radius 1 is 0.833 bits per heavy atom. The highest BCUT2D eigenvalue weighted by molar-refractivity contribution is 5.78. The second kappa shape index (κ2) is 16.7. The molecule has 1 amide bonds. The molecule has 0 spiro atoms. The lowest BCUT2D eigenvalue weighted by atomic mass is 10.0. The molecule has 2 aromatic heterocycles. The maximum absolute atomic E-state index is 13.8. The molecule has 0 N–H and O–H groups in total. The van der Waals surface area contributed by atoms with Crippen molar-refractivity contribution in [1.82, 2.24) is 14.5 Å². The van der Waals surface area contributed by atoms with Crippen LogP contribution in [0.1, 0.15) is 114 Å². The number of para-hydroxylation sites is 1. The highest BCUT2D eigenvalue weighted by Gasteiger charge is 2.27. The molecular weight excluding hydrogens is 522 g/mol. The molecule has 6 heteroatoms. The summed E-state index contributed by atoms with van der Waals surface area (Å²) in [6.07, 6.45) is 15.7. The summed E-state index contributed by atoms with van der Waals surface area (Å²) in [7, 11) is 0. The van der Waals surface area contributed by atoms with E-state index in [1.165, 1.54) is 57.8 Å². The predicted octanol–water partition coefficient (Wildman–Crippen LogP) is 8.83. The van der Waals surface area contributed by atoms with E-state index < -0.39 is 6.04 Å². The van der Waals surface area contributed by atoms with Crippen LogP contribution in [0, 0.1) is 0 Å². The fourth-order valence-corrected chi connectivity index (χ4v) is 5.66. The number of furan rings is 1. The first kappa shape index (κ1) is 31.3. The summed E-state index contributed by atoms with van der Waals surface area (Å²) in [4.78, 5) is 34.3. The van der Waals surface area contributed by atoms with Crippen molar-refractivity contribution in [2.45, 2.75) is 110 Å². The van der Waals surface area contributed by atoms with E-state index in [1.807, 2.05) is 78.6 Å². The van der Waals surface area contributed by atoms with Gasteiger partial charge in [0.2, 0.25) is 5.91 Å². The van der Waals surface area contributed by atoms with Gasteiger partial charge in [-0.3, -0.25) is 14.2 Å². The van der Waals surface area contributed by atoms with E-state index in [0.717, 1.165) is 18.4 Å². The molecule has 2 aromatic carbocycles. The molecule has 6 nitrogen and oxygen atoms in total. The average Bonchev–Trinajstić information content (AvgIpc) is 3.53. The topological polar surface area (TPSA) is 68.3 Å². The Kier molecular flexibility index (Phi) is 12.4. The van der Waals surface area contributed by atoms with E-state index in [4.69, 9.17) is 9.40 Å². The number of amides is 1. The molecule has 1 atom stereocenters. The Labute approximate surface area is 250 Å². The molecule has 4 rings (SSSR count). The highest BCUT2D eigenvalue weighted by atomic mass is 16.3. The fraction of sp³-hybridized carbons (Fsp3) is 0.472. The molecule has 1 unspecified atom stereocenters. The summed E-state index contributed by atoms with van der Waals surface area (Å²) >= 11 is 0. The third kappa shape index (κ3) is 8.91. The Bertz CT molecular complexity index is 1410. The van der Waals surface area contributed by atoms with Crippen molar-refractivity contribution in [3.63, 3.8) is 0 Å². The summed E-state index contributed by atoms with van der Waals surface area (Å²) in [6.45, 7) is 4.95. The minimum atomic E-state index is -0.420. The van der Waals surface area contributed by atoms with Gasteiger partial charge in [0.25, 0.3) is 5.56 Å². The minimum absolute atomic E-state index is 0.0588. The van der Waals surface area contributed by atoms with E-state index in [9.17, 15) is 9.59 Å². The van der Waals surface area contributed by atoms with Crippen molar-refractivity contribution in [3.05, 3.63) is 100 Å². The zero-order valence-electron chi connectivity index (χ0n) is 25.5. The van der Waals surface area contributed by atoms with Gasteiger partial charge in [0, 0.05) is 6.42 Å². The summed E-state index contributed by atoms with van der Waals surface area (Å²) in [5, 5.41) is 0.578. The van der Waals surface area contributed by atoms with Crippen LogP contribution in [0.4, 0.5) is 0 Å². The second-order valence-corrected chi connectivity index (χ2v) is 11.4. The van der Waals surface area contributed by atoms with Gasteiger partial charge in [-0.2, -0.15) is 0 Å². The number of carbonyl (C=O) groups is 1. The van der Waals surface area contributed by atoms with E-state index in [1.54, 1.807) is 10.8 Å². The van der Waals surface area contributed by atoms with Gasteiger partial charge in [-0.15, -0.1) is 0 Å². The largest absolute Gasteiger partial charge is 0.467 e. The second-order valence-electron chi connectivity index (χ2n) is 11.4. The summed E-state index contributed by atoms with van der Waals surface area (Å²) in [5.41, 5.74) is 1.56. The van der Waals surface area contributed by atoms with E-state index in [0.29, 0.717) is 42.0 Å². The number of hydrogen-bond acceptors (Lipinski definition) is 4. The molecule has 0 saturated carbocycles. The fourth-order valence-electron chi connectivity index (χ4n) is 5.66. The SMILES string of the molecule is CCCCCCCCCCCCCC(=O)N(Cc1ccco1)C(C)c1nc2ccccc2c(=O)n1Cc1ccccc1. The molecule has 0 aliphatic heterocycles. The first-order chi connectivity index (χ1) is 20.6. The van der Waals surface area contributed by atoms with Crippen LogP contribution >= 0.6 is 0 Å². The van der Waals surface area contributed by atoms with Gasteiger partial charge in [0.1, 0.15) is 11.6 Å². The Hall–Kier alpha value is -3.67. The number of hydrogen-bond donors (Lipinski definition) is 0. The van der Waals surface area contributed by atoms with Crippen LogP contribution in [0.25, 0.3) is 10.9 Å². The quantitative estimate of drug-likeness (QED) is 0.112. The van der Waals surface area contributed by atoms with E-state index in [2.05, 4.69) is 6.92 Å². The van der Waals surface area contributed by atoms with E-state index in [-0.39, 0.29) is 11.5 Å². The summed E-state index contributed by atoms with van der Waals surface area (Å²) in [6, 6.07) is 20.7. The molecule has 0 saturated heterocycles. The highest BCUT2D eigenvalue weighted by Crippen LogP contribution is 2.25. The van der Waals surface area contributed by atoms with Gasteiger partial charge in [0.05, 0.1) is 36.3 Å². The Morgan fingerprint density at radius 3 is 2.14 bits per heavy atom. The third-order valence-corrected chi connectivity index (χ3v) is 8.14. The molecule has 4 aromatic rings. The molecular formula is C36H47N3O3. The molecule has 2 heterocycles.